The maximum atomic E-state index is 5.26. The lowest BCUT2D eigenvalue weighted by Crippen LogP contribution is -2.14. The van der Waals surface area contributed by atoms with Gasteiger partial charge in [0, 0.05) is 34.5 Å². The van der Waals surface area contributed by atoms with Crippen molar-refractivity contribution in [1.29, 1.82) is 0 Å². The summed E-state index contributed by atoms with van der Waals surface area (Å²) < 4.78 is 0. The summed E-state index contributed by atoms with van der Waals surface area (Å²) in [5.74, 6) is 0.695. The summed E-state index contributed by atoms with van der Waals surface area (Å²) in [5, 5.41) is 7.36. The zero-order valence-corrected chi connectivity index (χ0v) is 35.0. The zero-order chi connectivity index (χ0) is 42.1. The molecule has 2 heterocycles. The molecular weight excluding hydrogens is 763 g/mol. The van der Waals surface area contributed by atoms with Crippen LogP contribution < -0.4 is 0 Å². The summed E-state index contributed by atoms with van der Waals surface area (Å²) in [5.41, 5.74) is 17.3. The minimum atomic E-state index is -0.0743. The summed E-state index contributed by atoms with van der Waals surface area (Å²) >= 11 is 0. The quantitative estimate of drug-likeness (QED) is 0.168. The average Bonchev–Trinajstić information content (AvgIpc) is 3.57. The Balaban J connectivity index is 0.975. The van der Waals surface area contributed by atoms with Crippen molar-refractivity contribution >= 4 is 32.3 Å². The van der Waals surface area contributed by atoms with E-state index in [1.54, 1.807) is 6.20 Å². The molecule has 1 aliphatic carbocycles. The standard InChI is InChI=1S/C60H41N3/c1-60(2)55-31-26-43(34-53(55)54-33-41-15-6-7-16-42(41)35-56(54)60)45-27-28-50(47-19-9-8-18-46(45)47)51-29-30-52(49-21-11-10-20-48(49)51)58-36-57(62-59(63-58)40-13-4-3-5-14-40)39-24-22-38(23-25-39)44-17-12-32-61-37-44/h3-37H,1-2H3. The van der Waals surface area contributed by atoms with E-state index in [1.807, 2.05) is 30.5 Å². The van der Waals surface area contributed by atoms with Crippen LogP contribution in [-0.4, -0.2) is 15.0 Å². The predicted molar refractivity (Wildman–Crippen MR) is 263 cm³/mol. The average molecular weight is 804 g/mol. The fraction of sp³-hybridized carbons (Fsp3) is 0.0500. The van der Waals surface area contributed by atoms with Crippen molar-refractivity contribution in [3.63, 3.8) is 0 Å². The number of hydrogen-bond donors (Lipinski definition) is 0. The highest BCUT2D eigenvalue weighted by molar-refractivity contribution is 6.12. The first-order valence-corrected chi connectivity index (χ1v) is 21.7. The van der Waals surface area contributed by atoms with Crippen LogP contribution in [0.25, 0.3) is 111 Å². The van der Waals surface area contributed by atoms with Crippen molar-refractivity contribution < 1.29 is 0 Å². The van der Waals surface area contributed by atoms with Crippen molar-refractivity contribution in [3.8, 4) is 78.4 Å². The van der Waals surface area contributed by atoms with Crippen LogP contribution in [0.5, 0.6) is 0 Å². The lowest BCUT2D eigenvalue weighted by molar-refractivity contribution is 0.661. The lowest BCUT2D eigenvalue weighted by atomic mass is 9.81. The third-order valence-corrected chi connectivity index (χ3v) is 13.2. The van der Waals surface area contributed by atoms with Crippen LogP contribution in [-0.2, 0) is 5.41 Å². The number of aromatic nitrogens is 3. The molecule has 0 amide bonds. The second-order valence-corrected chi connectivity index (χ2v) is 17.2. The van der Waals surface area contributed by atoms with Crippen molar-refractivity contribution in [1.82, 2.24) is 15.0 Å². The molecule has 11 aromatic rings. The first-order chi connectivity index (χ1) is 31.0. The lowest BCUT2D eigenvalue weighted by Gasteiger charge is -2.22. The molecule has 0 saturated heterocycles. The van der Waals surface area contributed by atoms with Crippen molar-refractivity contribution in [2.45, 2.75) is 19.3 Å². The van der Waals surface area contributed by atoms with Gasteiger partial charge in [0.05, 0.1) is 11.4 Å². The monoisotopic (exact) mass is 803 g/mol. The van der Waals surface area contributed by atoms with Gasteiger partial charge in [0.1, 0.15) is 0 Å². The van der Waals surface area contributed by atoms with Crippen molar-refractivity contribution in [2.75, 3.05) is 0 Å². The molecule has 9 aromatic carbocycles. The fourth-order valence-electron chi connectivity index (χ4n) is 9.96. The predicted octanol–water partition coefficient (Wildman–Crippen LogP) is 15.6. The number of nitrogens with zero attached hydrogens (tertiary/aromatic N) is 3. The molecule has 0 bridgehead atoms. The second kappa shape index (κ2) is 14.6. The van der Waals surface area contributed by atoms with Crippen LogP contribution in [0.3, 0.4) is 0 Å². The second-order valence-electron chi connectivity index (χ2n) is 17.2. The van der Waals surface area contributed by atoms with Crippen LogP contribution >= 0.6 is 0 Å². The Morgan fingerprint density at radius 2 is 0.873 bits per heavy atom. The number of pyridine rings is 1. The normalized spacial score (nSPS) is 12.7. The van der Waals surface area contributed by atoms with E-state index in [-0.39, 0.29) is 5.41 Å². The molecule has 0 N–H and O–H groups in total. The van der Waals surface area contributed by atoms with E-state index < -0.39 is 0 Å². The molecule has 12 rings (SSSR count). The molecule has 0 radical (unpaired) electrons. The smallest absolute Gasteiger partial charge is 0.160 e. The highest BCUT2D eigenvalue weighted by Crippen LogP contribution is 2.51. The third-order valence-electron chi connectivity index (χ3n) is 13.2. The van der Waals surface area contributed by atoms with Crippen LogP contribution in [0.4, 0.5) is 0 Å². The van der Waals surface area contributed by atoms with Crippen molar-refractivity contribution in [2.24, 2.45) is 0 Å². The highest BCUT2D eigenvalue weighted by Gasteiger charge is 2.36. The maximum absolute atomic E-state index is 5.26. The summed E-state index contributed by atoms with van der Waals surface area (Å²) in [6.07, 6.45) is 3.70. The van der Waals surface area contributed by atoms with Gasteiger partial charge in [0.2, 0.25) is 0 Å². The summed E-state index contributed by atoms with van der Waals surface area (Å²) in [6.45, 7) is 4.72. The van der Waals surface area contributed by atoms with Gasteiger partial charge in [-0.15, -0.1) is 0 Å². The molecule has 0 unspecified atom stereocenters. The first kappa shape index (κ1) is 36.8. The van der Waals surface area contributed by atoms with E-state index in [2.05, 4.69) is 195 Å². The van der Waals surface area contributed by atoms with Gasteiger partial charge in [0.15, 0.2) is 5.82 Å². The molecule has 0 fully saturated rings. The van der Waals surface area contributed by atoms with Gasteiger partial charge in [-0.25, -0.2) is 9.97 Å². The molecule has 3 heteroatoms. The highest BCUT2D eigenvalue weighted by atomic mass is 14.9. The van der Waals surface area contributed by atoms with Gasteiger partial charge in [-0.2, -0.15) is 0 Å². The number of rotatable bonds is 6. The van der Waals surface area contributed by atoms with Gasteiger partial charge >= 0.3 is 0 Å². The van der Waals surface area contributed by atoms with E-state index in [0.29, 0.717) is 5.82 Å². The molecule has 0 atom stereocenters. The van der Waals surface area contributed by atoms with E-state index in [9.17, 15) is 0 Å². The Bertz CT molecular complexity index is 3570. The fourth-order valence-corrected chi connectivity index (χ4v) is 9.96. The van der Waals surface area contributed by atoms with Gasteiger partial charge in [-0.05, 0) is 118 Å². The Kier molecular flexibility index (Phi) is 8.52. The number of benzene rings is 9. The molecule has 0 saturated carbocycles. The number of hydrogen-bond acceptors (Lipinski definition) is 3. The van der Waals surface area contributed by atoms with E-state index in [0.717, 1.165) is 44.6 Å². The van der Waals surface area contributed by atoms with Gasteiger partial charge in [0.25, 0.3) is 0 Å². The van der Waals surface area contributed by atoms with E-state index >= 15 is 0 Å². The van der Waals surface area contributed by atoms with Gasteiger partial charge in [-0.3, -0.25) is 4.98 Å². The topological polar surface area (TPSA) is 38.7 Å². The van der Waals surface area contributed by atoms with E-state index in [1.165, 1.54) is 71.4 Å². The molecule has 2 aromatic heterocycles. The van der Waals surface area contributed by atoms with Gasteiger partial charge in [-0.1, -0.05) is 184 Å². The third kappa shape index (κ3) is 6.15. The Labute approximate surface area is 367 Å². The zero-order valence-electron chi connectivity index (χ0n) is 35.0. The molecule has 296 valence electrons. The van der Waals surface area contributed by atoms with E-state index in [4.69, 9.17) is 9.97 Å². The Morgan fingerprint density at radius 1 is 0.333 bits per heavy atom. The molecule has 1 aliphatic rings. The molecule has 63 heavy (non-hydrogen) atoms. The largest absolute Gasteiger partial charge is 0.264 e. The molecule has 3 nitrogen and oxygen atoms in total. The van der Waals surface area contributed by atoms with Gasteiger partial charge < -0.3 is 0 Å². The summed E-state index contributed by atoms with van der Waals surface area (Å²) in [6, 6.07) is 72.5. The molecule has 0 aliphatic heterocycles. The first-order valence-electron chi connectivity index (χ1n) is 21.7. The summed E-state index contributed by atoms with van der Waals surface area (Å²) in [7, 11) is 0. The van der Waals surface area contributed by atoms with Crippen LogP contribution in [0.2, 0.25) is 0 Å². The van der Waals surface area contributed by atoms with Crippen LogP contribution in [0.1, 0.15) is 25.0 Å². The Morgan fingerprint density at radius 3 is 1.57 bits per heavy atom. The summed E-state index contributed by atoms with van der Waals surface area (Å²) in [4.78, 5) is 14.7. The minimum Gasteiger partial charge on any atom is -0.264 e. The van der Waals surface area contributed by atoms with Crippen molar-refractivity contribution in [3.05, 3.63) is 224 Å². The van der Waals surface area contributed by atoms with Crippen LogP contribution in [0.15, 0.2) is 213 Å². The van der Waals surface area contributed by atoms with Crippen LogP contribution in [0, 0.1) is 0 Å². The Hall–Kier alpha value is -8.01. The molecule has 0 spiro atoms. The molecular formula is C60H41N3. The number of fused-ring (bicyclic) bond motifs is 6. The maximum Gasteiger partial charge on any atom is 0.160 e. The SMILES string of the molecule is CC1(C)c2ccc(-c3ccc(-c4ccc(-c5cc(-c6ccc(-c7cccnc7)cc6)nc(-c6ccccc6)n5)c5ccccc45)c4ccccc34)cc2-c2cc3ccccc3cc21. The minimum absolute atomic E-state index is 0.0743.